The topological polar surface area (TPSA) is 71.1 Å². The quantitative estimate of drug-likeness (QED) is 0.875. The van der Waals surface area contributed by atoms with Crippen LogP contribution in [0.4, 0.5) is 4.79 Å². The van der Waals surface area contributed by atoms with Crippen molar-refractivity contribution in [2.75, 3.05) is 26.2 Å². The first kappa shape index (κ1) is 16.1. The molecule has 2 fully saturated rings. The highest BCUT2D eigenvalue weighted by Crippen LogP contribution is 2.34. The number of para-hydroxylation sites is 2. The molecule has 0 spiro atoms. The molecule has 1 N–H and O–H groups in total. The number of fused-ring (bicyclic) bond motifs is 1. The summed E-state index contributed by atoms with van der Waals surface area (Å²) >= 11 is 0. The van der Waals surface area contributed by atoms with Gasteiger partial charge in [0.05, 0.1) is 6.04 Å². The molecule has 3 atom stereocenters. The molecular formula is C18H23N3O4. The van der Waals surface area contributed by atoms with Gasteiger partial charge in [0, 0.05) is 26.2 Å². The second-order valence-electron chi connectivity index (χ2n) is 6.81. The Morgan fingerprint density at radius 3 is 2.68 bits per heavy atom. The predicted molar refractivity (Wildman–Crippen MR) is 90.7 cm³/mol. The van der Waals surface area contributed by atoms with Crippen molar-refractivity contribution >= 4 is 11.9 Å². The molecule has 7 nitrogen and oxygen atoms in total. The monoisotopic (exact) mass is 345 g/mol. The third-order valence-electron chi connectivity index (χ3n) is 5.12. The highest BCUT2D eigenvalue weighted by Gasteiger charge is 2.40. The molecule has 3 amide bonds. The van der Waals surface area contributed by atoms with Crippen LogP contribution in [0.5, 0.6) is 11.5 Å². The number of nitrogens with zero attached hydrogens (tertiary/aromatic N) is 2. The van der Waals surface area contributed by atoms with E-state index in [2.05, 4.69) is 5.32 Å². The number of nitrogens with one attached hydrogen (secondary N) is 1. The highest BCUT2D eigenvalue weighted by atomic mass is 16.6. The molecule has 25 heavy (non-hydrogen) atoms. The summed E-state index contributed by atoms with van der Waals surface area (Å²) in [5.74, 6) is 1.21. The maximum Gasteiger partial charge on any atom is 0.317 e. The predicted octanol–water partition coefficient (Wildman–Crippen LogP) is 1.23. The van der Waals surface area contributed by atoms with Crippen molar-refractivity contribution in [2.45, 2.75) is 38.0 Å². The molecule has 0 aliphatic carbocycles. The van der Waals surface area contributed by atoms with Crippen molar-refractivity contribution < 1.29 is 19.1 Å². The Balaban J connectivity index is 1.46. The standard InChI is InChI=1S/C18H23N3O4/c1-12-16(25-15-7-3-2-6-14(15)24-12)17(22)20-9-4-5-13(11-20)21-10-8-19-18(21)23/h2-3,6-7,12-13,16H,4-5,8-11H2,1H3,(H,19,23)/t12-,13-,16+/m0/s1. The Morgan fingerprint density at radius 1 is 1.20 bits per heavy atom. The van der Waals surface area contributed by atoms with Gasteiger partial charge in [-0.1, -0.05) is 12.1 Å². The fourth-order valence-electron chi connectivity index (χ4n) is 3.81. The van der Waals surface area contributed by atoms with Gasteiger partial charge in [0.15, 0.2) is 11.5 Å². The number of hydrogen-bond acceptors (Lipinski definition) is 4. The summed E-state index contributed by atoms with van der Waals surface area (Å²) in [5, 5.41) is 2.83. The summed E-state index contributed by atoms with van der Waals surface area (Å²) < 4.78 is 11.8. The lowest BCUT2D eigenvalue weighted by atomic mass is 10.0. The van der Waals surface area contributed by atoms with E-state index < -0.39 is 6.10 Å². The number of amides is 3. The Hall–Kier alpha value is -2.44. The lowest BCUT2D eigenvalue weighted by Gasteiger charge is -2.40. The van der Waals surface area contributed by atoms with E-state index in [4.69, 9.17) is 9.47 Å². The van der Waals surface area contributed by atoms with E-state index in [1.165, 1.54) is 0 Å². The number of piperidine rings is 1. The zero-order valence-corrected chi connectivity index (χ0v) is 14.3. The molecule has 3 aliphatic heterocycles. The Bertz CT molecular complexity index is 680. The highest BCUT2D eigenvalue weighted by molar-refractivity contribution is 5.83. The molecule has 0 aromatic heterocycles. The largest absolute Gasteiger partial charge is 0.482 e. The van der Waals surface area contributed by atoms with Crippen molar-refractivity contribution in [2.24, 2.45) is 0 Å². The maximum absolute atomic E-state index is 13.0. The molecule has 0 bridgehead atoms. The van der Waals surface area contributed by atoms with Crippen LogP contribution in [-0.4, -0.2) is 66.2 Å². The molecule has 0 radical (unpaired) electrons. The molecule has 3 aliphatic rings. The molecule has 1 aromatic rings. The van der Waals surface area contributed by atoms with Crippen LogP contribution >= 0.6 is 0 Å². The van der Waals surface area contributed by atoms with Crippen LogP contribution in [0.1, 0.15) is 19.8 Å². The van der Waals surface area contributed by atoms with Crippen LogP contribution in [0, 0.1) is 0 Å². The van der Waals surface area contributed by atoms with Crippen LogP contribution in [0.2, 0.25) is 0 Å². The number of ether oxygens (including phenoxy) is 2. The van der Waals surface area contributed by atoms with Crippen molar-refractivity contribution in [3.63, 3.8) is 0 Å². The molecule has 0 saturated carbocycles. The number of hydrogen-bond donors (Lipinski definition) is 1. The molecule has 1 aromatic carbocycles. The van der Waals surface area contributed by atoms with Gasteiger partial charge in [0.1, 0.15) is 6.10 Å². The number of carbonyl (C=O) groups excluding carboxylic acids is 2. The lowest BCUT2D eigenvalue weighted by molar-refractivity contribution is -0.146. The third kappa shape index (κ3) is 2.99. The van der Waals surface area contributed by atoms with Crippen LogP contribution < -0.4 is 14.8 Å². The average molecular weight is 345 g/mol. The van der Waals surface area contributed by atoms with Crippen molar-refractivity contribution in [3.8, 4) is 11.5 Å². The molecule has 4 rings (SSSR count). The first-order valence-electron chi connectivity index (χ1n) is 8.89. The summed E-state index contributed by atoms with van der Waals surface area (Å²) in [6.45, 7) is 4.49. The van der Waals surface area contributed by atoms with E-state index in [0.29, 0.717) is 37.7 Å². The Kier molecular flexibility index (Phi) is 4.15. The number of likely N-dealkylation sites (tertiary alicyclic amines) is 1. The molecule has 2 saturated heterocycles. The van der Waals surface area contributed by atoms with E-state index in [1.807, 2.05) is 41.0 Å². The van der Waals surface area contributed by atoms with Gasteiger partial charge in [-0.05, 0) is 31.9 Å². The normalized spacial score (nSPS) is 28.7. The Labute approximate surface area is 146 Å². The molecular weight excluding hydrogens is 322 g/mol. The molecule has 7 heteroatoms. The average Bonchev–Trinajstić information content (AvgIpc) is 3.06. The van der Waals surface area contributed by atoms with E-state index in [1.54, 1.807) is 0 Å². The van der Waals surface area contributed by atoms with Gasteiger partial charge in [-0.15, -0.1) is 0 Å². The second kappa shape index (κ2) is 6.46. The van der Waals surface area contributed by atoms with E-state index >= 15 is 0 Å². The summed E-state index contributed by atoms with van der Waals surface area (Å²) in [6.07, 6.45) is 0.815. The summed E-state index contributed by atoms with van der Waals surface area (Å²) in [7, 11) is 0. The van der Waals surface area contributed by atoms with Crippen LogP contribution in [0.15, 0.2) is 24.3 Å². The number of benzene rings is 1. The van der Waals surface area contributed by atoms with E-state index in [0.717, 1.165) is 12.8 Å². The first-order valence-corrected chi connectivity index (χ1v) is 8.89. The first-order chi connectivity index (χ1) is 12.1. The number of carbonyl (C=O) groups is 2. The SMILES string of the molecule is C[C@@H]1Oc2ccccc2O[C@H]1C(=O)N1CCC[C@H](N2CCNC2=O)C1. The van der Waals surface area contributed by atoms with E-state index in [9.17, 15) is 9.59 Å². The van der Waals surface area contributed by atoms with Crippen molar-refractivity contribution in [1.29, 1.82) is 0 Å². The Morgan fingerprint density at radius 2 is 1.96 bits per heavy atom. The summed E-state index contributed by atoms with van der Waals surface area (Å²) in [6, 6.07) is 7.45. The van der Waals surface area contributed by atoms with Gasteiger partial charge in [0.25, 0.3) is 5.91 Å². The molecule has 0 unspecified atom stereocenters. The second-order valence-corrected chi connectivity index (χ2v) is 6.81. The number of urea groups is 1. The van der Waals surface area contributed by atoms with Gasteiger partial charge < -0.3 is 24.6 Å². The third-order valence-corrected chi connectivity index (χ3v) is 5.12. The zero-order valence-electron chi connectivity index (χ0n) is 14.3. The zero-order chi connectivity index (χ0) is 17.4. The minimum Gasteiger partial charge on any atom is -0.482 e. The fraction of sp³-hybridized carbons (Fsp3) is 0.556. The fourth-order valence-corrected chi connectivity index (χ4v) is 3.81. The van der Waals surface area contributed by atoms with E-state index in [-0.39, 0.29) is 24.1 Å². The maximum atomic E-state index is 13.0. The van der Waals surface area contributed by atoms with Crippen molar-refractivity contribution in [3.05, 3.63) is 24.3 Å². The molecule has 3 heterocycles. The van der Waals surface area contributed by atoms with Crippen LogP contribution in [-0.2, 0) is 4.79 Å². The van der Waals surface area contributed by atoms with Gasteiger partial charge in [-0.3, -0.25) is 4.79 Å². The lowest BCUT2D eigenvalue weighted by Crippen LogP contribution is -2.56. The van der Waals surface area contributed by atoms with Crippen LogP contribution in [0.3, 0.4) is 0 Å². The minimum atomic E-state index is -0.652. The van der Waals surface area contributed by atoms with Gasteiger partial charge in [-0.25, -0.2) is 4.79 Å². The minimum absolute atomic E-state index is 0.0288. The number of rotatable bonds is 2. The van der Waals surface area contributed by atoms with Gasteiger partial charge >= 0.3 is 6.03 Å². The van der Waals surface area contributed by atoms with Crippen molar-refractivity contribution in [1.82, 2.24) is 15.1 Å². The van der Waals surface area contributed by atoms with Crippen LogP contribution in [0.25, 0.3) is 0 Å². The van der Waals surface area contributed by atoms with Gasteiger partial charge in [0.2, 0.25) is 6.10 Å². The smallest absolute Gasteiger partial charge is 0.317 e. The van der Waals surface area contributed by atoms with Gasteiger partial charge in [-0.2, -0.15) is 0 Å². The summed E-state index contributed by atoms with van der Waals surface area (Å²) in [5.41, 5.74) is 0. The molecule has 134 valence electrons. The summed E-state index contributed by atoms with van der Waals surface area (Å²) in [4.78, 5) is 28.6.